The Kier molecular flexibility index (Phi) is 6.21. The molecule has 2 atom stereocenters. The zero-order valence-electron chi connectivity index (χ0n) is 14.5. The molecule has 0 aromatic heterocycles. The molecule has 3 rings (SSSR count). The quantitative estimate of drug-likeness (QED) is 0.797. The molecule has 1 heterocycles. The lowest BCUT2D eigenvalue weighted by Gasteiger charge is -2.37. The van der Waals surface area contributed by atoms with E-state index >= 15 is 0 Å². The maximum Gasteiger partial charge on any atom is 0.0603 e. The second kappa shape index (κ2) is 8.15. The Morgan fingerprint density at radius 2 is 1.41 bits per heavy atom. The fourth-order valence-electron chi connectivity index (χ4n) is 4.99. The summed E-state index contributed by atoms with van der Waals surface area (Å²) in [6, 6.07) is 0. The molecule has 0 amide bonds. The van der Waals surface area contributed by atoms with Crippen molar-refractivity contribution in [3.8, 4) is 0 Å². The Hall–Kier alpha value is -0.0800. The maximum atomic E-state index is 9.59. The highest BCUT2D eigenvalue weighted by molar-refractivity contribution is 4.81. The van der Waals surface area contributed by atoms with Crippen LogP contribution in [0.2, 0.25) is 0 Å². The first kappa shape index (κ1) is 16.8. The summed E-state index contributed by atoms with van der Waals surface area (Å²) in [5, 5.41) is 9.59. The first-order valence-corrected chi connectivity index (χ1v) is 10.0. The zero-order valence-corrected chi connectivity index (χ0v) is 14.5. The van der Waals surface area contributed by atoms with Crippen LogP contribution in [0, 0.1) is 23.7 Å². The third-order valence-corrected chi connectivity index (χ3v) is 6.79. The lowest BCUT2D eigenvalue weighted by Crippen LogP contribution is -2.34. The molecule has 3 aliphatic rings. The zero-order chi connectivity index (χ0) is 15.4. The van der Waals surface area contributed by atoms with Crippen molar-refractivity contribution < 1.29 is 9.84 Å². The van der Waals surface area contributed by atoms with Gasteiger partial charge in [-0.1, -0.05) is 26.2 Å². The second-order valence-electron chi connectivity index (χ2n) is 8.59. The van der Waals surface area contributed by atoms with Gasteiger partial charge >= 0.3 is 0 Å². The van der Waals surface area contributed by atoms with E-state index in [0.29, 0.717) is 6.10 Å². The van der Waals surface area contributed by atoms with Gasteiger partial charge in [-0.3, -0.25) is 0 Å². The standard InChI is InChI=1S/C20H36O2/c1-15-2-9-18(10-3-15)20-13-8-17(14-22-20)5-4-16-6-11-19(21)12-7-16/h15-21H,2-14H2,1H3. The summed E-state index contributed by atoms with van der Waals surface area (Å²) in [5.74, 6) is 3.49. The molecular weight excluding hydrogens is 272 g/mol. The molecule has 0 aromatic rings. The number of ether oxygens (including phenoxy) is 1. The summed E-state index contributed by atoms with van der Waals surface area (Å²) in [4.78, 5) is 0. The molecule has 0 spiro atoms. The Labute approximate surface area is 137 Å². The molecule has 1 saturated heterocycles. The summed E-state index contributed by atoms with van der Waals surface area (Å²) in [6.45, 7) is 3.42. The molecule has 128 valence electrons. The fraction of sp³-hybridized carbons (Fsp3) is 1.00. The first-order valence-electron chi connectivity index (χ1n) is 10.0. The minimum atomic E-state index is -0.00627. The van der Waals surface area contributed by atoms with E-state index in [-0.39, 0.29) is 6.10 Å². The van der Waals surface area contributed by atoms with Crippen molar-refractivity contribution in [1.82, 2.24) is 0 Å². The smallest absolute Gasteiger partial charge is 0.0603 e. The summed E-state index contributed by atoms with van der Waals surface area (Å²) in [7, 11) is 0. The number of aliphatic hydroxyl groups is 1. The third kappa shape index (κ3) is 4.71. The van der Waals surface area contributed by atoms with Crippen LogP contribution in [0.1, 0.15) is 84.0 Å². The van der Waals surface area contributed by atoms with E-state index in [9.17, 15) is 5.11 Å². The van der Waals surface area contributed by atoms with Crippen molar-refractivity contribution in [3.63, 3.8) is 0 Å². The van der Waals surface area contributed by atoms with E-state index in [4.69, 9.17) is 4.74 Å². The minimum Gasteiger partial charge on any atom is -0.393 e. The van der Waals surface area contributed by atoms with Gasteiger partial charge in [0.25, 0.3) is 0 Å². The highest BCUT2D eigenvalue weighted by Gasteiger charge is 2.31. The van der Waals surface area contributed by atoms with Gasteiger partial charge in [0.15, 0.2) is 0 Å². The topological polar surface area (TPSA) is 29.5 Å². The first-order chi connectivity index (χ1) is 10.7. The van der Waals surface area contributed by atoms with Crippen LogP contribution >= 0.6 is 0 Å². The largest absolute Gasteiger partial charge is 0.393 e. The van der Waals surface area contributed by atoms with Crippen LogP contribution in [0.15, 0.2) is 0 Å². The van der Waals surface area contributed by atoms with E-state index in [2.05, 4.69) is 6.92 Å². The minimum absolute atomic E-state index is 0.00627. The van der Waals surface area contributed by atoms with E-state index in [1.165, 1.54) is 64.2 Å². The average molecular weight is 309 g/mol. The van der Waals surface area contributed by atoms with Gasteiger partial charge in [-0.25, -0.2) is 0 Å². The molecule has 0 radical (unpaired) electrons. The van der Waals surface area contributed by atoms with Crippen molar-refractivity contribution in [2.75, 3.05) is 6.61 Å². The van der Waals surface area contributed by atoms with Gasteiger partial charge in [0, 0.05) is 6.61 Å². The molecule has 0 aromatic carbocycles. The van der Waals surface area contributed by atoms with Crippen molar-refractivity contribution in [3.05, 3.63) is 0 Å². The Balaban J connectivity index is 1.32. The Morgan fingerprint density at radius 3 is 2.05 bits per heavy atom. The van der Waals surface area contributed by atoms with E-state index in [1.807, 2.05) is 0 Å². The molecule has 1 N–H and O–H groups in total. The highest BCUT2D eigenvalue weighted by Crippen LogP contribution is 2.37. The molecule has 2 aliphatic carbocycles. The molecule has 2 heteroatoms. The molecule has 0 bridgehead atoms. The van der Waals surface area contributed by atoms with Gasteiger partial charge in [0.2, 0.25) is 0 Å². The molecule has 1 aliphatic heterocycles. The molecular formula is C20H36O2. The Morgan fingerprint density at radius 1 is 0.773 bits per heavy atom. The van der Waals surface area contributed by atoms with Crippen LogP contribution in [0.25, 0.3) is 0 Å². The molecule has 2 nitrogen and oxygen atoms in total. The van der Waals surface area contributed by atoms with E-state index in [0.717, 1.165) is 43.1 Å². The average Bonchev–Trinajstić information content (AvgIpc) is 2.56. The van der Waals surface area contributed by atoms with Crippen LogP contribution in [-0.2, 0) is 4.74 Å². The monoisotopic (exact) mass is 308 g/mol. The lowest BCUT2D eigenvalue weighted by molar-refractivity contribution is -0.0601. The molecule has 2 saturated carbocycles. The summed E-state index contributed by atoms with van der Waals surface area (Å²) < 4.78 is 6.28. The van der Waals surface area contributed by atoms with Gasteiger partial charge < -0.3 is 9.84 Å². The van der Waals surface area contributed by atoms with Crippen molar-refractivity contribution >= 4 is 0 Å². The Bertz CT molecular complexity index is 306. The number of hydrogen-bond donors (Lipinski definition) is 1. The number of aliphatic hydroxyl groups excluding tert-OH is 1. The van der Waals surface area contributed by atoms with E-state index < -0.39 is 0 Å². The summed E-state index contributed by atoms with van der Waals surface area (Å²) in [5.41, 5.74) is 0. The van der Waals surface area contributed by atoms with Gasteiger partial charge in [-0.05, 0) is 81.5 Å². The molecule has 22 heavy (non-hydrogen) atoms. The third-order valence-electron chi connectivity index (χ3n) is 6.79. The molecule has 2 unspecified atom stereocenters. The van der Waals surface area contributed by atoms with Crippen LogP contribution in [0.3, 0.4) is 0 Å². The maximum absolute atomic E-state index is 9.59. The fourth-order valence-corrected chi connectivity index (χ4v) is 4.99. The van der Waals surface area contributed by atoms with Gasteiger partial charge in [-0.15, -0.1) is 0 Å². The van der Waals surface area contributed by atoms with Crippen LogP contribution in [0.4, 0.5) is 0 Å². The van der Waals surface area contributed by atoms with Crippen LogP contribution in [-0.4, -0.2) is 23.9 Å². The van der Waals surface area contributed by atoms with Crippen LogP contribution in [0.5, 0.6) is 0 Å². The second-order valence-corrected chi connectivity index (χ2v) is 8.59. The lowest BCUT2D eigenvalue weighted by atomic mass is 9.77. The van der Waals surface area contributed by atoms with Crippen molar-refractivity contribution in [2.24, 2.45) is 23.7 Å². The predicted octanol–water partition coefficient (Wildman–Crippen LogP) is 4.94. The SMILES string of the molecule is CC1CCC(C2CCC(CCC3CCC(O)CC3)CO2)CC1. The normalized spacial score (nSPS) is 43.9. The number of hydrogen-bond acceptors (Lipinski definition) is 2. The summed E-state index contributed by atoms with van der Waals surface area (Å²) >= 11 is 0. The van der Waals surface area contributed by atoms with Gasteiger partial charge in [0.1, 0.15) is 0 Å². The summed E-state index contributed by atoms with van der Waals surface area (Å²) in [6.07, 6.45) is 16.2. The van der Waals surface area contributed by atoms with Crippen molar-refractivity contribution in [2.45, 2.75) is 96.2 Å². The van der Waals surface area contributed by atoms with Gasteiger partial charge in [-0.2, -0.15) is 0 Å². The number of rotatable bonds is 4. The van der Waals surface area contributed by atoms with Gasteiger partial charge in [0.05, 0.1) is 12.2 Å². The van der Waals surface area contributed by atoms with Crippen molar-refractivity contribution in [1.29, 1.82) is 0 Å². The van der Waals surface area contributed by atoms with E-state index in [1.54, 1.807) is 0 Å². The molecule has 3 fully saturated rings. The van der Waals surface area contributed by atoms with Crippen LogP contribution < -0.4 is 0 Å². The highest BCUT2D eigenvalue weighted by atomic mass is 16.5. The predicted molar refractivity (Wildman–Crippen MR) is 90.8 cm³/mol.